The van der Waals surface area contributed by atoms with Crippen LogP contribution in [0.5, 0.6) is 0 Å². The van der Waals surface area contributed by atoms with E-state index >= 15 is 0 Å². The molecule has 3 N–H and O–H groups in total. The van der Waals surface area contributed by atoms with Gasteiger partial charge in [-0.05, 0) is 6.42 Å². The Kier molecular flexibility index (Phi) is 3.56. The molecule has 1 aliphatic heterocycles. The van der Waals surface area contributed by atoms with Crippen LogP contribution in [0.2, 0.25) is 0 Å². The molecule has 8 nitrogen and oxygen atoms in total. The fraction of sp³-hybridized carbons (Fsp3) is 0.600. The van der Waals surface area contributed by atoms with Gasteiger partial charge < -0.3 is 15.7 Å². The molecule has 18 heavy (non-hydrogen) atoms. The zero-order chi connectivity index (χ0) is 13.1. The van der Waals surface area contributed by atoms with Gasteiger partial charge in [0.25, 0.3) is 0 Å². The molecule has 1 unspecified atom stereocenters. The fourth-order valence-electron chi connectivity index (χ4n) is 1.63. The van der Waals surface area contributed by atoms with Crippen LogP contribution in [0.3, 0.4) is 0 Å². The molecule has 0 radical (unpaired) electrons. The minimum atomic E-state index is -1.08. The third-order valence-corrected chi connectivity index (χ3v) is 2.84. The van der Waals surface area contributed by atoms with Crippen LogP contribution in [0.4, 0.5) is 0 Å². The molecule has 0 aliphatic carbocycles. The molecular weight excluding hydrogens is 238 g/mol. The molecule has 1 amide bonds. The normalized spacial score (nSPS) is 16.2. The van der Waals surface area contributed by atoms with E-state index in [-0.39, 0.29) is 18.9 Å². The summed E-state index contributed by atoms with van der Waals surface area (Å²) in [7, 11) is 0. The van der Waals surface area contributed by atoms with Crippen molar-refractivity contribution in [1.29, 1.82) is 0 Å². The maximum absolute atomic E-state index is 11.7. The van der Waals surface area contributed by atoms with E-state index in [0.717, 1.165) is 19.5 Å². The molecule has 2 rings (SSSR count). The Balaban J connectivity index is 1.89. The van der Waals surface area contributed by atoms with Gasteiger partial charge in [0.2, 0.25) is 5.91 Å². The third-order valence-electron chi connectivity index (χ3n) is 2.84. The molecule has 1 atom stereocenters. The minimum absolute atomic E-state index is 0.000216. The molecule has 8 heteroatoms. The van der Waals surface area contributed by atoms with Crippen LogP contribution in [0, 0.1) is 0 Å². The summed E-state index contributed by atoms with van der Waals surface area (Å²) < 4.78 is 1.41. The summed E-state index contributed by atoms with van der Waals surface area (Å²) in [5.74, 6) is -1.08. The molecule has 1 fully saturated rings. The van der Waals surface area contributed by atoms with Crippen molar-refractivity contribution in [3.8, 4) is 0 Å². The van der Waals surface area contributed by atoms with Crippen LogP contribution in [0.15, 0.2) is 6.20 Å². The van der Waals surface area contributed by atoms with Crippen LogP contribution < -0.4 is 5.73 Å². The summed E-state index contributed by atoms with van der Waals surface area (Å²) in [6.45, 7) is 1.73. The van der Waals surface area contributed by atoms with Gasteiger partial charge in [0.1, 0.15) is 12.6 Å². The second-order valence-corrected chi connectivity index (χ2v) is 4.29. The monoisotopic (exact) mass is 253 g/mol. The Morgan fingerprint density at radius 1 is 1.50 bits per heavy atom. The molecule has 1 aromatic rings. The Hall–Kier alpha value is -1.96. The van der Waals surface area contributed by atoms with Gasteiger partial charge >= 0.3 is 5.97 Å². The van der Waals surface area contributed by atoms with Crippen molar-refractivity contribution in [3.05, 3.63) is 11.9 Å². The highest BCUT2D eigenvalue weighted by Gasteiger charge is 2.21. The van der Waals surface area contributed by atoms with E-state index in [9.17, 15) is 9.59 Å². The number of likely N-dealkylation sites (tertiary alicyclic amines) is 1. The van der Waals surface area contributed by atoms with Gasteiger partial charge in [0, 0.05) is 25.7 Å². The van der Waals surface area contributed by atoms with Gasteiger partial charge in [-0.2, -0.15) is 0 Å². The van der Waals surface area contributed by atoms with Crippen molar-refractivity contribution >= 4 is 11.9 Å². The summed E-state index contributed by atoms with van der Waals surface area (Å²) in [6.07, 6.45) is 2.70. The highest BCUT2D eigenvalue weighted by atomic mass is 16.4. The molecular formula is C10H15N5O3. The van der Waals surface area contributed by atoms with Gasteiger partial charge in [0.05, 0.1) is 5.69 Å². The first-order valence-corrected chi connectivity index (χ1v) is 5.71. The summed E-state index contributed by atoms with van der Waals surface area (Å²) in [5.41, 5.74) is 5.86. The average Bonchev–Trinajstić information content (AvgIpc) is 2.62. The fourth-order valence-corrected chi connectivity index (χ4v) is 1.63. The maximum atomic E-state index is 11.7. The molecule has 0 saturated carbocycles. The van der Waals surface area contributed by atoms with Crippen LogP contribution in [0.1, 0.15) is 12.1 Å². The van der Waals surface area contributed by atoms with E-state index in [4.69, 9.17) is 10.8 Å². The number of hydrogen-bond donors (Lipinski definition) is 2. The number of carbonyl (C=O) groups excluding carboxylic acids is 1. The topological polar surface area (TPSA) is 114 Å². The number of nitrogens with two attached hydrogens (primary N) is 1. The number of carboxylic acids is 1. The highest BCUT2D eigenvalue weighted by Crippen LogP contribution is 2.07. The van der Waals surface area contributed by atoms with Crippen molar-refractivity contribution in [3.63, 3.8) is 0 Å². The van der Waals surface area contributed by atoms with Gasteiger partial charge in [0.15, 0.2) is 0 Å². The zero-order valence-corrected chi connectivity index (χ0v) is 9.82. The number of amides is 1. The van der Waals surface area contributed by atoms with E-state index < -0.39 is 12.0 Å². The van der Waals surface area contributed by atoms with Crippen molar-refractivity contribution in [2.75, 3.05) is 13.1 Å². The van der Waals surface area contributed by atoms with Crippen molar-refractivity contribution in [2.45, 2.75) is 25.4 Å². The molecule has 1 aromatic heterocycles. The molecule has 1 aliphatic rings. The average molecular weight is 253 g/mol. The summed E-state index contributed by atoms with van der Waals surface area (Å²) in [4.78, 5) is 24.0. The maximum Gasteiger partial charge on any atom is 0.320 e. The molecule has 2 heterocycles. The number of carboxylic acid groups (broad SMARTS) is 1. The first-order valence-electron chi connectivity index (χ1n) is 5.71. The molecule has 0 bridgehead atoms. The summed E-state index contributed by atoms with van der Waals surface area (Å²) in [5, 5.41) is 16.2. The lowest BCUT2D eigenvalue weighted by molar-refractivity contribution is -0.138. The van der Waals surface area contributed by atoms with Gasteiger partial charge in [-0.15, -0.1) is 5.10 Å². The van der Waals surface area contributed by atoms with Gasteiger partial charge in [-0.3, -0.25) is 9.59 Å². The van der Waals surface area contributed by atoms with E-state index in [1.807, 2.05) is 0 Å². The largest absolute Gasteiger partial charge is 0.480 e. The second kappa shape index (κ2) is 5.13. The zero-order valence-electron chi connectivity index (χ0n) is 9.82. The third kappa shape index (κ3) is 2.83. The Morgan fingerprint density at radius 2 is 2.22 bits per heavy atom. The van der Waals surface area contributed by atoms with Gasteiger partial charge in [-0.1, -0.05) is 5.21 Å². The summed E-state index contributed by atoms with van der Waals surface area (Å²) in [6, 6.07) is -0.999. The first-order chi connectivity index (χ1) is 8.56. The highest BCUT2D eigenvalue weighted by molar-refractivity contribution is 5.76. The second-order valence-electron chi connectivity index (χ2n) is 4.29. The number of hydrogen-bond acceptors (Lipinski definition) is 5. The summed E-state index contributed by atoms with van der Waals surface area (Å²) >= 11 is 0. The minimum Gasteiger partial charge on any atom is -0.480 e. The number of rotatable bonds is 5. The number of aliphatic carboxylic acids is 1. The standard InChI is InChI=1S/C10H15N5O3/c11-8(10(17)18)4-7-5-15(13-12-7)6-9(16)14-2-1-3-14/h5,8H,1-4,6,11H2,(H,17,18). The molecule has 98 valence electrons. The van der Waals surface area contributed by atoms with Crippen molar-refractivity contribution in [1.82, 2.24) is 19.9 Å². The predicted molar refractivity (Wildman–Crippen MR) is 60.5 cm³/mol. The Bertz CT molecular complexity index is 454. The van der Waals surface area contributed by atoms with Crippen molar-refractivity contribution < 1.29 is 14.7 Å². The number of nitrogens with zero attached hydrogens (tertiary/aromatic N) is 4. The van der Waals surface area contributed by atoms with Crippen molar-refractivity contribution in [2.24, 2.45) is 5.73 Å². The molecule has 0 aromatic carbocycles. The van der Waals surface area contributed by atoms with Gasteiger partial charge in [-0.25, -0.2) is 4.68 Å². The SMILES string of the molecule is NC(Cc1cn(CC(=O)N2CCC2)nn1)C(=O)O. The van der Waals surface area contributed by atoms with Crippen LogP contribution in [0.25, 0.3) is 0 Å². The lowest BCUT2D eigenvalue weighted by Crippen LogP contribution is -2.43. The number of aromatic nitrogens is 3. The Morgan fingerprint density at radius 3 is 2.78 bits per heavy atom. The van der Waals surface area contributed by atoms with Crippen LogP contribution >= 0.6 is 0 Å². The van der Waals surface area contributed by atoms with Crippen LogP contribution in [-0.2, 0) is 22.6 Å². The smallest absolute Gasteiger partial charge is 0.320 e. The number of carbonyl (C=O) groups is 2. The van der Waals surface area contributed by atoms with E-state index in [0.29, 0.717) is 5.69 Å². The van der Waals surface area contributed by atoms with E-state index in [2.05, 4.69) is 10.3 Å². The predicted octanol–water partition coefficient (Wildman–Crippen LogP) is -1.54. The molecule has 0 spiro atoms. The van der Waals surface area contributed by atoms with E-state index in [1.54, 1.807) is 11.1 Å². The van der Waals surface area contributed by atoms with E-state index in [1.165, 1.54) is 4.68 Å². The lowest BCUT2D eigenvalue weighted by atomic mass is 10.2. The quantitative estimate of drug-likeness (QED) is 0.657. The van der Waals surface area contributed by atoms with Crippen LogP contribution in [-0.4, -0.2) is 56.0 Å². The lowest BCUT2D eigenvalue weighted by Gasteiger charge is -2.30. The molecule has 1 saturated heterocycles. The first kappa shape index (κ1) is 12.5. The Labute approximate surface area is 103 Å².